The second-order valence-electron chi connectivity index (χ2n) is 8.27. The second-order valence-corrected chi connectivity index (χ2v) is 8.27. The molecule has 26 heavy (non-hydrogen) atoms. The summed E-state index contributed by atoms with van der Waals surface area (Å²) in [6.07, 6.45) is 14.1. The molecule has 0 saturated heterocycles. The Morgan fingerprint density at radius 3 is 2.85 bits per heavy atom. The number of hydrogen-bond acceptors (Lipinski definition) is 3. The van der Waals surface area contributed by atoms with Gasteiger partial charge in [0.1, 0.15) is 0 Å². The number of aliphatic hydroxyl groups is 2. The van der Waals surface area contributed by atoms with Crippen molar-refractivity contribution in [1.82, 2.24) is 4.90 Å². The summed E-state index contributed by atoms with van der Waals surface area (Å²) in [7, 11) is 4.27. The van der Waals surface area contributed by atoms with Crippen LogP contribution in [0.1, 0.15) is 58.3 Å². The molecule has 1 saturated carbocycles. The minimum atomic E-state index is -0.451. The van der Waals surface area contributed by atoms with Crippen LogP contribution < -0.4 is 0 Å². The van der Waals surface area contributed by atoms with E-state index in [1.165, 1.54) is 32.2 Å². The van der Waals surface area contributed by atoms with Gasteiger partial charge in [-0.2, -0.15) is 0 Å². The SMILES string of the molecule is CC#CCC[C@H](O)C=C[C@@H]1[C@H]2CC(CCCCCN(C)C)=C[C@H]2C[C@H]1O. The van der Waals surface area contributed by atoms with E-state index in [0.29, 0.717) is 18.3 Å². The zero-order valence-electron chi connectivity index (χ0n) is 16.8. The third kappa shape index (κ3) is 6.58. The summed E-state index contributed by atoms with van der Waals surface area (Å²) in [5.74, 6) is 7.09. The van der Waals surface area contributed by atoms with Gasteiger partial charge in [0.15, 0.2) is 0 Å². The Labute approximate surface area is 160 Å². The maximum absolute atomic E-state index is 10.4. The molecule has 5 atom stereocenters. The van der Waals surface area contributed by atoms with Gasteiger partial charge in [0.05, 0.1) is 12.2 Å². The van der Waals surface area contributed by atoms with Crippen molar-refractivity contribution in [3.63, 3.8) is 0 Å². The molecule has 0 radical (unpaired) electrons. The Hall–Kier alpha value is -1.08. The number of nitrogens with zero attached hydrogens (tertiary/aromatic N) is 1. The average Bonchev–Trinajstić information content (AvgIpc) is 3.09. The van der Waals surface area contributed by atoms with E-state index in [-0.39, 0.29) is 12.0 Å². The Morgan fingerprint density at radius 2 is 2.12 bits per heavy atom. The third-order valence-corrected chi connectivity index (χ3v) is 5.85. The molecule has 0 aromatic heterocycles. The predicted molar refractivity (Wildman–Crippen MR) is 109 cm³/mol. The molecule has 2 N–H and O–H groups in total. The molecule has 1 fully saturated rings. The van der Waals surface area contributed by atoms with Crippen LogP contribution in [-0.4, -0.2) is 48.0 Å². The maximum Gasteiger partial charge on any atom is 0.0730 e. The van der Waals surface area contributed by atoms with E-state index >= 15 is 0 Å². The van der Waals surface area contributed by atoms with E-state index < -0.39 is 6.10 Å². The Balaban J connectivity index is 1.76. The van der Waals surface area contributed by atoms with Gasteiger partial charge in [-0.05, 0) is 77.9 Å². The highest BCUT2D eigenvalue weighted by atomic mass is 16.3. The van der Waals surface area contributed by atoms with Gasteiger partial charge in [0, 0.05) is 12.3 Å². The Morgan fingerprint density at radius 1 is 1.31 bits per heavy atom. The van der Waals surface area contributed by atoms with E-state index in [1.54, 1.807) is 5.57 Å². The molecule has 3 heteroatoms. The molecule has 3 nitrogen and oxygen atoms in total. The van der Waals surface area contributed by atoms with Crippen molar-refractivity contribution in [3.05, 3.63) is 23.8 Å². The highest BCUT2D eigenvalue weighted by Gasteiger charge is 2.43. The summed E-state index contributed by atoms with van der Waals surface area (Å²) in [6, 6.07) is 0. The van der Waals surface area contributed by atoms with Gasteiger partial charge in [-0.1, -0.05) is 30.2 Å². The minimum absolute atomic E-state index is 0.189. The first kappa shape index (κ1) is 21.2. The number of aliphatic hydroxyl groups excluding tert-OH is 2. The van der Waals surface area contributed by atoms with Crippen LogP contribution in [0.25, 0.3) is 0 Å². The van der Waals surface area contributed by atoms with Crippen LogP contribution in [0.5, 0.6) is 0 Å². The van der Waals surface area contributed by atoms with Crippen LogP contribution in [0.2, 0.25) is 0 Å². The third-order valence-electron chi connectivity index (χ3n) is 5.85. The van der Waals surface area contributed by atoms with Crippen molar-refractivity contribution in [3.8, 4) is 11.8 Å². The van der Waals surface area contributed by atoms with Crippen LogP contribution in [0.15, 0.2) is 23.8 Å². The normalized spacial score (nSPS) is 28.9. The van der Waals surface area contributed by atoms with E-state index in [4.69, 9.17) is 0 Å². The fourth-order valence-electron chi connectivity index (χ4n) is 4.45. The van der Waals surface area contributed by atoms with Crippen molar-refractivity contribution in [2.45, 2.75) is 70.5 Å². The smallest absolute Gasteiger partial charge is 0.0730 e. The van der Waals surface area contributed by atoms with Crippen molar-refractivity contribution in [1.29, 1.82) is 0 Å². The summed E-state index contributed by atoms with van der Waals surface area (Å²) in [6.45, 7) is 3.00. The lowest BCUT2D eigenvalue weighted by Crippen LogP contribution is -2.18. The molecule has 0 aliphatic heterocycles. The summed E-state index contributed by atoms with van der Waals surface area (Å²) < 4.78 is 0. The summed E-state index contributed by atoms with van der Waals surface area (Å²) >= 11 is 0. The monoisotopic (exact) mass is 359 g/mol. The molecule has 0 amide bonds. The summed E-state index contributed by atoms with van der Waals surface area (Å²) in [5.41, 5.74) is 1.59. The van der Waals surface area contributed by atoms with Crippen LogP contribution in [0.4, 0.5) is 0 Å². The second kappa shape index (κ2) is 10.9. The van der Waals surface area contributed by atoms with Gasteiger partial charge in [-0.25, -0.2) is 0 Å². The van der Waals surface area contributed by atoms with Gasteiger partial charge in [0.25, 0.3) is 0 Å². The maximum atomic E-state index is 10.4. The molecule has 0 spiro atoms. The van der Waals surface area contributed by atoms with E-state index in [2.05, 4.69) is 43.0 Å². The topological polar surface area (TPSA) is 43.7 Å². The molecule has 146 valence electrons. The zero-order chi connectivity index (χ0) is 18.9. The first-order valence-electron chi connectivity index (χ1n) is 10.3. The van der Waals surface area contributed by atoms with Crippen LogP contribution in [0.3, 0.4) is 0 Å². The fraction of sp³-hybridized carbons (Fsp3) is 0.739. The largest absolute Gasteiger partial charge is 0.392 e. The average molecular weight is 360 g/mol. The number of rotatable bonds is 10. The van der Waals surface area contributed by atoms with Gasteiger partial charge < -0.3 is 15.1 Å². The highest BCUT2D eigenvalue weighted by Crippen LogP contribution is 2.48. The van der Waals surface area contributed by atoms with Gasteiger partial charge in [0.2, 0.25) is 0 Å². The van der Waals surface area contributed by atoms with Crippen molar-refractivity contribution in [2.75, 3.05) is 20.6 Å². The van der Waals surface area contributed by atoms with Gasteiger partial charge >= 0.3 is 0 Å². The number of allylic oxidation sites excluding steroid dienone is 2. The van der Waals surface area contributed by atoms with Crippen LogP contribution in [0, 0.1) is 29.6 Å². The molecule has 0 aromatic rings. The molecule has 0 aromatic carbocycles. The molecule has 0 heterocycles. The minimum Gasteiger partial charge on any atom is -0.392 e. The summed E-state index contributed by atoms with van der Waals surface area (Å²) in [4.78, 5) is 2.25. The zero-order valence-corrected chi connectivity index (χ0v) is 16.8. The molecule has 2 aliphatic rings. The first-order valence-corrected chi connectivity index (χ1v) is 10.3. The number of fused-ring (bicyclic) bond motifs is 1. The molecular weight excluding hydrogens is 322 g/mol. The van der Waals surface area contributed by atoms with Crippen LogP contribution in [-0.2, 0) is 0 Å². The predicted octanol–water partition coefficient (Wildman–Crippen LogP) is 3.77. The van der Waals surface area contributed by atoms with Gasteiger partial charge in [-0.15, -0.1) is 11.8 Å². The molecule has 0 bridgehead atoms. The quantitative estimate of drug-likeness (QED) is 0.354. The van der Waals surface area contributed by atoms with Crippen molar-refractivity contribution in [2.24, 2.45) is 17.8 Å². The lowest BCUT2D eigenvalue weighted by Gasteiger charge is -2.19. The lowest BCUT2D eigenvalue weighted by atomic mass is 9.88. The van der Waals surface area contributed by atoms with E-state index in [1.807, 2.05) is 13.0 Å². The molecular formula is C23H37NO2. The van der Waals surface area contributed by atoms with Gasteiger partial charge in [-0.3, -0.25) is 0 Å². The fourth-order valence-corrected chi connectivity index (χ4v) is 4.45. The van der Waals surface area contributed by atoms with Crippen molar-refractivity contribution >= 4 is 0 Å². The summed E-state index contributed by atoms with van der Waals surface area (Å²) in [5, 5.41) is 20.5. The highest BCUT2D eigenvalue weighted by molar-refractivity contribution is 5.21. The van der Waals surface area contributed by atoms with Crippen molar-refractivity contribution < 1.29 is 10.2 Å². The van der Waals surface area contributed by atoms with E-state index in [9.17, 15) is 10.2 Å². The molecule has 2 aliphatic carbocycles. The first-order chi connectivity index (χ1) is 12.5. The Kier molecular flexibility index (Phi) is 8.91. The molecule has 2 rings (SSSR count). The van der Waals surface area contributed by atoms with E-state index in [0.717, 1.165) is 19.3 Å². The lowest BCUT2D eigenvalue weighted by molar-refractivity contribution is 0.139. The molecule has 0 unspecified atom stereocenters. The number of unbranched alkanes of at least 4 members (excludes halogenated alkanes) is 2. The van der Waals surface area contributed by atoms with Crippen LogP contribution >= 0.6 is 0 Å². The number of hydrogen-bond donors (Lipinski definition) is 2. The Bertz CT molecular complexity index is 540. The standard InChI is InChI=1S/C23H37NO2/c1-4-5-7-11-20(25)12-13-21-22-16-18(15-19(22)17-23(21)26)10-8-6-9-14-24(2)3/h12-13,15,19-23,25-26H,6-11,14,16-17H2,1-3H3/t19-,20-,21+,22-,23+/m0/s1.